The van der Waals surface area contributed by atoms with Crippen molar-refractivity contribution in [2.45, 2.75) is 38.5 Å². The molecule has 1 aliphatic heterocycles. The fraction of sp³-hybridized carbons (Fsp3) is 0.444. The van der Waals surface area contributed by atoms with Crippen LogP contribution in [0.15, 0.2) is 36.5 Å². The average molecular weight is 314 g/mol. The fourth-order valence-corrected chi connectivity index (χ4v) is 3.92. The van der Waals surface area contributed by atoms with E-state index in [0.717, 1.165) is 32.4 Å². The molecule has 0 spiro atoms. The zero-order chi connectivity index (χ0) is 15.4. The van der Waals surface area contributed by atoms with Crippen LogP contribution >= 0.6 is 11.3 Å². The molecule has 1 fully saturated rings. The van der Waals surface area contributed by atoms with Gasteiger partial charge in [0, 0.05) is 36.5 Å². The SMILES string of the molecule is Cc1cnc([C@H]2CCCN(C(=O)CCc3ccccc3)C2)s1. The smallest absolute Gasteiger partial charge is 0.222 e. The van der Waals surface area contributed by atoms with E-state index in [0.29, 0.717) is 12.3 Å². The van der Waals surface area contributed by atoms with Crippen molar-refractivity contribution in [3.8, 4) is 0 Å². The number of aryl methyl sites for hydroxylation is 2. The molecule has 0 aliphatic carbocycles. The molecule has 1 amide bonds. The third-order valence-electron chi connectivity index (χ3n) is 4.23. The molecule has 0 unspecified atom stereocenters. The Hall–Kier alpha value is -1.68. The van der Waals surface area contributed by atoms with Gasteiger partial charge in [-0.2, -0.15) is 0 Å². The fourth-order valence-electron chi connectivity index (χ4n) is 3.02. The van der Waals surface area contributed by atoms with Gasteiger partial charge in [0.05, 0.1) is 5.01 Å². The molecule has 116 valence electrons. The Kier molecular flexibility index (Phi) is 4.88. The maximum atomic E-state index is 12.5. The van der Waals surface area contributed by atoms with Crippen LogP contribution in [0.3, 0.4) is 0 Å². The van der Waals surface area contributed by atoms with Gasteiger partial charge in [-0.3, -0.25) is 4.79 Å². The van der Waals surface area contributed by atoms with Crippen molar-refractivity contribution in [3.63, 3.8) is 0 Å². The van der Waals surface area contributed by atoms with Crippen molar-refractivity contribution >= 4 is 17.2 Å². The maximum absolute atomic E-state index is 12.5. The highest BCUT2D eigenvalue weighted by Crippen LogP contribution is 2.30. The van der Waals surface area contributed by atoms with Gasteiger partial charge in [0.25, 0.3) is 0 Å². The highest BCUT2D eigenvalue weighted by molar-refractivity contribution is 7.11. The standard InChI is InChI=1S/C18H22N2OS/c1-14-12-19-18(22-14)16-8-5-11-20(13-16)17(21)10-9-15-6-3-2-4-7-15/h2-4,6-7,12,16H,5,8-11,13H2,1H3/t16-/m0/s1. The second-order valence-corrected chi connectivity index (χ2v) is 7.24. The molecule has 2 heterocycles. The molecule has 3 rings (SSSR count). The predicted molar refractivity (Wildman–Crippen MR) is 90.2 cm³/mol. The number of benzene rings is 1. The van der Waals surface area contributed by atoms with Gasteiger partial charge in [-0.25, -0.2) is 4.98 Å². The van der Waals surface area contributed by atoms with Crippen LogP contribution in [0, 0.1) is 6.92 Å². The largest absolute Gasteiger partial charge is 0.342 e. The van der Waals surface area contributed by atoms with Gasteiger partial charge in [0.2, 0.25) is 5.91 Å². The molecule has 1 aliphatic rings. The van der Waals surface area contributed by atoms with E-state index in [4.69, 9.17) is 0 Å². The number of hydrogen-bond donors (Lipinski definition) is 0. The minimum Gasteiger partial charge on any atom is -0.342 e. The molecule has 22 heavy (non-hydrogen) atoms. The van der Waals surface area contributed by atoms with E-state index < -0.39 is 0 Å². The van der Waals surface area contributed by atoms with E-state index in [1.807, 2.05) is 29.3 Å². The lowest BCUT2D eigenvalue weighted by Gasteiger charge is -2.32. The highest BCUT2D eigenvalue weighted by atomic mass is 32.1. The minimum absolute atomic E-state index is 0.279. The number of aromatic nitrogens is 1. The van der Waals surface area contributed by atoms with Crippen LogP contribution < -0.4 is 0 Å². The van der Waals surface area contributed by atoms with Crippen LogP contribution in [0.25, 0.3) is 0 Å². The van der Waals surface area contributed by atoms with Crippen LogP contribution in [0.1, 0.15) is 40.6 Å². The second kappa shape index (κ2) is 7.05. The molecule has 0 bridgehead atoms. The zero-order valence-electron chi connectivity index (χ0n) is 13.0. The van der Waals surface area contributed by atoms with Crippen molar-refractivity contribution < 1.29 is 4.79 Å². The highest BCUT2D eigenvalue weighted by Gasteiger charge is 2.26. The van der Waals surface area contributed by atoms with Gasteiger partial charge >= 0.3 is 0 Å². The maximum Gasteiger partial charge on any atom is 0.222 e. The summed E-state index contributed by atoms with van der Waals surface area (Å²) >= 11 is 1.77. The molecule has 1 saturated heterocycles. The number of carbonyl (C=O) groups excluding carboxylic acids is 1. The van der Waals surface area contributed by atoms with Crippen LogP contribution in [0.2, 0.25) is 0 Å². The summed E-state index contributed by atoms with van der Waals surface area (Å²) in [7, 11) is 0. The van der Waals surface area contributed by atoms with E-state index in [2.05, 4.69) is 24.0 Å². The molecular weight excluding hydrogens is 292 g/mol. The number of hydrogen-bond acceptors (Lipinski definition) is 3. The summed E-state index contributed by atoms with van der Waals surface area (Å²) in [4.78, 5) is 20.3. The van der Waals surface area contributed by atoms with E-state index >= 15 is 0 Å². The van der Waals surface area contributed by atoms with E-state index in [-0.39, 0.29) is 5.91 Å². The van der Waals surface area contributed by atoms with Crippen molar-refractivity contribution in [1.29, 1.82) is 0 Å². The van der Waals surface area contributed by atoms with Crippen LogP contribution in [-0.2, 0) is 11.2 Å². The second-order valence-electron chi connectivity index (χ2n) is 5.97. The van der Waals surface area contributed by atoms with Crippen LogP contribution in [-0.4, -0.2) is 28.9 Å². The first-order chi connectivity index (χ1) is 10.7. The van der Waals surface area contributed by atoms with E-state index in [1.165, 1.54) is 15.4 Å². The average Bonchev–Trinajstić information content (AvgIpc) is 3.00. The lowest BCUT2D eigenvalue weighted by Crippen LogP contribution is -2.39. The van der Waals surface area contributed by atoms with Crippen molar-refractivity contribution in [2.24, 2.45) is 0 Å². The van der Waals surface area contributed by atoms with Crippen LogP contribution in [0.4, 0.5) is 0 Å². The number of thiazole rings is 1. The summed E-state index contributed by atoms with van der Waals surface area (Å²) in [6, 6.07) is 10.2. The predicted octanol–water partition coefficient (Wildman–Crippen LogP) is 3.79. The molecule has 2 aromatic rings. The Morgan fingerprint density at radius 1 is 1.36 bits per heavy atom. The first kappa shape index (κ1) is 15.2. The number of nitrogens with zero attached hydrogens (tertiary/aromatic N) is 2. The summed E-state index contributed by atoms with van der Waals surface area (Å²) in [6.07, 6.45) is 5.61. The summed E-state index contributed by atoms with van der Waals surface area (Å²) in [5, 5.41) is 1.19. The van der Waals surface area contributed by atoms with Crippen molar-refractivity contribution in [2.75, 3.05) is 13.1 Å². The van der Waals surface area contributed by atoms with Crippen molar-refractivity contribution in [3.05, 3.63) is 52.0 Å². The Bertz CT molecular complexity index is 623. The van der Waals surface area contributed by atoms with Gasteiger partial charge in [0.1, 0.15) is 0 Å². The first-order valence-electron chi connectivity index (χ1n) is 7.96. The molecule has 1 aromatic carbocycles. The third-order valence-corrected chi connectivity index (χ3v) is 5.31. The lowest BCUT2D eigenvalue weighted by atomic mass is 9.98. The number of likely N-dealkylation sites (tertiary alicyclic amines) is 1. The third kappa shape index (κ3) is 3.74. The first-order valence-corrected chi connectivity index (χ1v) is 8.78. The van der Waals surface area contributed by atoms with Crippen LogP contribution in [0.5, 0.6) is 0 Å². The van der Waals surface area contributed by atoms with Gasteiger partial charge < -0.3 is 4.90 Å². The molecule has 0 N–H and O–H groups in total. The number of rotatable bonds is 4. The van der Waals surface area contributed by atoms with E-state index in [1.54, 1.807) is 11.3 Å². The summed E-state index contributed by atoms with van der Waals surface area (Å²) < 4.78 is 0. The van der Waals surface area contributed by atoms with Gasteiger partial charge in [-0.05, 0) is 31.7 Å². The Labute approximate surface area is 136 Å². The van der Waals surface area contributed by atoms with Crippen molar-refractivity contribution in [1.82, 2.24) is 9.88 Å². The van der Waals surface area contributed by atoms with Gasteiger partial charge in [-0.15, -0.1) is 11.3 Å². The molecular formula is C18H22N2OS. The van der Waals surface area contributed by atoms with Gasteiger partial charge in [-0.1, -0.05) is 30.3 Å². The Morgan fingerprint density at radius 3 is 2.91 bits per heavy atom. The molecule has 0 radical (unpaired) electrons. The monoisotopic (exact) mass is 314 g/mol. The number of amides is 1. The zero-order valence-corrected chi connectivity index (χ0v) is 13.8. The summed E-state index contributed by atoms with van der Waals surface area (Å²) in [5.41, 5.74) is 1.24. The summed E-state index contributed by atoms with van der Waals surface area (Å²) in [6.45, 7) is 3.82. The Balaban J connectivity index is 1.56. The lowest BCUT2D eigenvalue weighted by molar-refractivity contribution is -0.132. The summed E-state index contributed by atoms with van der Waals surface area (Å²) in [5.74, 6) is 0.704. The van der Waals surface area contributed by atoms with Gasteiger partial charge in [0.15, 0.2) is 0 Å². The molecule has 0 saturated carbocycles. The number of carbonyl (C=O) groups is 1. The normalized spacial score (nSPS) is 18.4. The number of piperidine rings is 1. The Morgan fingerprint density at radius 2 is 2.18 bits per heavy atom. The molecule has 1 atom stereocenters. The minimum atomic E-state index is 0.279. The van der Waals surface area contributed by atoms with E-state index in [9.17, 15) is 4.79 Å². The molecule has 3 nitrogen and oxygen atoms in total. The quantitative estimate of drug-likeness (QED) is 0.860. The topological polar surface area (TPSA) is 33.2 Å². The molecule has 4 heteroatoms. The molecule has 1 aromatic heterocycles.